The van der Waals surface area contributed by atoms with Gasteiger partial charge in [-0.05, 0) is 36.4 Å². The van der Waals surface area contributed by atoms with Crippen molar-refractivity contribution < 1.29 is 14.0 Å². The molecule has 1 heterocycles. The lowest BCUT2D eigenvalue weighted by atomic mass is 10.2. The van der Waals surface area contributed by atoms with Gasteiger partial charge >= 0.3 is 0 Å². The van der Waals surface area contributed by atoms with Crippen LogP contribution in [-0.2, 0) is 9.59 Å². The van der Waals surface area contributed by atoms with Gasteiger partial charge in [0.15, 0.2) is 0 Å². The van der Waals surface area contributed by atoms with Crippen LogP contribution in [0.2, 0.25) is 5.02 Å². The van der Waals surface area contributed by atoms with E-state index in [2.05, 4.69) is 5.32 Å². The van der Waals surface area contributed by atoms with E-state index in [1.165, 1.54) is 12.1 Å². The van der Waals surface area contributed by atoms with Crippen molar-refractivity contribution in [3.8, 4) is 0 Å². The molecular formula is C22H14ClFN2O2S. The minimum absolute atomic E-state index is 0.00822. The number of nitrogens with one attached hydrogen (secondary N) is 1. The average Bonchev–Trinajstić information content (AvgIpc) is 2.95. The van der Waals surface area contributed by atoms with Gasteiger partial charge in [-0.25, -0.2) is 9.29 Å². The maximum atomic E-state index is 14.2. The number of para-hydroxylation sites is 2. The molecule has 0 unspecified atom stereocenters. The zero-order valence-corrected chi connectivity index (χ0v) is 16.5. The quantitative estimate of drug-likeness (QED) is 0.552. The second-order valence-corrected chi connectivity index (χ2v) is 7.61. The summed E-state index contributed by atoms with van der Waals surface area (Å²) in [5.74, 6) is -1.64. The van der Waals surface area contributed by atoms with Crippen molar-refractivity contribution in [1.29, 1.82) is 0 Å². The molecule has 7 heteroatoms. The van der Waals surface area contributed by atoms with Crippen molar-refractivity contribution in [2.45, 2.75) is 4.90 Å². The molecule has 144 valence electrons. The van der Waals surface area contributed by atoms with E-state index in [9.17, 15) is 14.0 Å². The first-order valence-corrected chi connectivity index (χ1v) is 9.88. The number of amides is 2. The smallest absolute Gasteiger partial charge is 0.283 e. The van der Waals surface area contributed by atoms with Gasteiger partial charge in [0.25, 0.3) is 11.8 Å². The summed E-state index contributed by atoms with van der Waals surface area (Å²) in [5, 5.41) is 3.08. The molecule has 0 fully saturated rings. The first-order chi connectivity index (χ1) is 14.1. The largest absolute Gasteiger partial charge is 0.348 e. The van der Waals surface area contributed by atoms with Crippen LogP contribution in [0.5, 0.6) is 0 Å². The van der Waals surface area contributed by atoms with Crippen molar-refractivity contribution in [3.05, 3.63) is 100 Å². The van der Waals surface area contributed by atoms with E-state index in [1.807, 2.05) is 30.3 Å². The van der Waals surface area contributed by atoms with E-state index in [0.717, 1.165) is 21.6 Å². The molecule has 1 aliphatic rings. The Labute approximate surface area is 176 Å². The van der Waals surface area contributed by atoms with Crippen LogP contribution < -0.4 is 10.2 Å². The third-order valence-corrected chi connectivity index (χ3v) is 5.64. The molecule has 3 aromatic carbocycles. The standard InChI is InChI=1S/C22H14ClFN2O2S/c23-15-10-4-7-13-18(15)26-21(27)19(25-17-12-6-5-11-16(17)24)20(22(26)28)29-14-8-2-1-3-9-14/h1-13,25H. The molecular weight excluding hydrogens is 411 g/mol. The van der Waals surface area contributed by atoms with Gasteiger partial charge in [-0.3, -0.25) is 9.59 Å². The lowest BCUT2D eigenvalue weighted by Gasteiger charge is -2.16. The summed E-state index contributed by atoms with van der Waals surface area (Å²) in [4.78, 5) is 28.3. The number of thioether (sulfide) groups is 1. The molecule has 3 aromatic rings. The van der Waals surface area contributed by atoms with Gasteiger partial charge in [-0.15, -0.1) is 0 Å². The number of carbonyl (C=O) groups excluding carboxylic acids is 2. The molecule has 0 radical (unpaired) electrons. The van der Waals surface area contributed by atoms with Gasteiger partial charge in [0, 0.05) is 4.90 Å². The van der Waals surface area contributed by atoms with E-state index in [0.29, 0.717) is 0 Å². The van der Waals surface area contributed by atoms with E-state index >= 15 is 0 Å². The molecule has 0 aromatic heterocycles. The first kappa shape index (κ1) is 19.2. The number of hydrogen-bond donors (Lipinski definition) is 1. The lowest BCUT2D eigenvalue weighted by molar-refractivity contribution is -0.120. The first-order valence-electron chi connectivity index (χ1n) is 8.68. The summed E-state index contributed by atoms with van der Waals surface area (Å²) in [5.41, 5.74) is 0.394. The van der Waals surface area contributed by atoms with E-state index in [4.69, 9.17) is 11.6 Å². The molecule has 1 aliphatic heterocycles. The predicted octanol–water partition coefficient (Wildman–Crippen LogP) is 5.47. The summed E-state index contributed by atoms with van der Waals surface area (Å²) in [6.07, 6.45) is 0. The van der Waals surface area contributed by atoms with Crippen LogP contribution in [0.15, 0.2) is 94.4 Å². The van der Waals surface area contributed by atoms with Gasteiger partial charge in [-0.1, -0.05) is 65.8 Å². The average molecular weight is 425 g/mol. The van der Waals surface area contributed by atoms with Crippen LogP contribution in [0.1, 0.15) is 0 Å². The van der Waals surface area contributed by atoms with Crippen LogP contribution in [0.4, 0.5) is 15.8 Å². The molecule has 0 bridgehead atoms. The lowest BCUT2D eigenvalue weighted by Crippen LogP contribution is -2.32. The number of anilines is 2. The highest BCUT2D eigenvalue weighted by Crippen LogP contribution is 2.39. The fourth-order valence-electron chi connectivity index (χ4n) is 2.87. The van der Waals surface area contributed by atoms with E-state index < -0.39 is 17.6 Å². The minimum Gasteiger partial charge on any atom is -0.348 e. The molecule has 0 spiro atoms. The Morgan fingerprint density at radius 2 is 1.48 bits per heavy atom. The summed E-state index contributed by atoms with van der Waals surface area (Å²) in [6.45, 7) is 0. The summed E-state index contributed by atoms with van der Waals surface area (Å²) in [6, 6.07) is 21.7. The topological polar surface area (TPSA) is 49.4 Å². The maximum Gasteiger partial charge on any atom is 0.283 e. The Morgan fingerprint density at radius 1 is 0.828 bits per heavy atom. The van der Waals surface area contributed by atoms with Gasteiger partial charge in [0.2, 0.25) is 0 Å². The molecule has 0 aliphatic carbocycles. The van der Waals surface area contributed by atoms with Crippen molar-refractivity contribution in [3.63, 3.8) is 0 Å². The zero-order chi connectivity index (χ0) is 20.4. The summed E-state index contributed by atoms with van der Waals surface area (Å²) < 4.78 is 14.2. The van der Waals surface area contributed by atoms with Crippen molar-refractivity contribution in [2.75, 3.05) is 10.2 Å². The Morgan fingerprint density at radius 3 is 2.21 bits per heavy atom. The zero-order valence-electron chi connectivity index (χ0n) is 14.9. The molecule has 4 rings (SSSR count). The molecule has 4 nitrogen and oxygen atoms in total. The number of hydrogen-bond acceptors (Lipinski definition) is 4. The van der Waals surface area contributed by atoms with Crippen LogP contribution in [0.25, 0.3) is 0 Å². The van der Waals surface area contributed by atoms with Crippen molar-refractivity contribution in [1.82, 2.24) is 0 Å². The highest BCUT2D eigenvalue weighted by atomic mass is 35.5. The van der Waals surface area contributed by atoms with Crippen LogP contribution in [-0.4, -0.2) is 11.8 Å². The summed E-state index contributed by atoms with van der Waals surface area (Å²) in [7, 11) is 0. The van der Waals surface area contributed by atoms with Crippen LogP contribution in [0, 0.1) is 5.82 Å². The van der Waals surface area contributed by atoms with Gasteiger partial charge in [0.1, 0.15) is 16.4 Å². The van der Waals surface area contributed by atoms with Crippen LogP contribution >= 0.6 is 23.4 Å². The van der Waals surface area contributed by atoms with Crippen molar-refractivity contribution >= 4 is 46.6 Å². The highest BCUT2D eigenvalue weighted by molar-refractivity contribution is 8.04. The van der Waals surface area contributed by atoms with Gasteiger partial charge in [0.05, 0.1) is 16.4 Å². The fourth-order valence-corrected chi connectivity index (χ4v) is 4.04. The Hall–Kier alpha value is -3.09. The fraction of sp³-hybridized carbons (Fsp3) is 0. The molecule has 0 saturated carbocycles. The molecule has 0 atom stereocenters. The number of benzene rings is 3. The number of carbonyl (C=O) groups is 2. The molecule has 29 heavy (non-hydrogen) atoms. The Bertz CT molecular complexity index is 1130. The molecule has 1 N–H and O–H groups in total. The third-order valence-electron chi connectivity index (χ3n) is 4.23. The number of rotatable bonds is 5. The van der Waals surface area contributed by atoms with E-state index in [1.54, 1.807) is 36.4 Å². The normalized spacial score (nSPS) is 13.9. The number of imide groups is 1. The SMILES string of the molecule is O=C1C(Nc2ccccc2F)=C(Sc2ccccc2)C(=O)N1c1ccccc1Cl. The second-order valence-electron chi connectivity index (χ2n) is 6.12. The second kappa shape index (κ2) is 8.11. The maximum absolute atomic E-state index is 14.2. The molecule has 2 amide bonds. The number of halogens is 2. The predicted molar refractivity (Wildman–Crippen MR) is 113 cm³/mol. The van der Waals surface area contributed by atoms with Crippen molar-refractivity contribution in [2.24, 2.45) is 0 Å². The van der Waals surface area contributed by atoms with Crippen LogP contribution in [0.3, 0.4) is 0 Å². The number of nitrogens with zero attached hydrogens (tertiary/aromatic N) is 1. The monoisotopic (exact) mass is 424 g/mol. The minimum atomic E-state index is -0.593. The van der Waals surface area contributed by atoms with Gasteiger partial charge in [-0.2, -0.15) is 0 Å². The highest BCUT2D eigenvalue weighted by Gasteiger charge is 2.41. The summed E-state index contributed by atoms with van der Waals surface area (Å²) >= 11 is 7.36. The van der Waals surface area contributed by atoms with Gasteiger partial charge < -0.3 is 5.32 Å². The Balaban J connectivity index is 1.78. The Kier molecular flexibility index (Phi) is 5.38. The van der Waals surface area contributed by atoms with E-state index in [-0.39, 0.29) is 27.0 Å². The molecule has 0 saturated heterocycles. The third kappa shape index (κ3) is 3.77.